The van der Waals surface area contributed by atoms with Crippen molar-refractivity contribution in [1.82, 2.24) is 0 Å². The summed E-state index contributed by atoms with van der Waals surface area (Å²) in [6.07, 6.45) is -4.40. The minimum atomic E-state index is -4.40. The Morgan fingerprint density at radius 1 is 1.31 bits per heavy atom. The molecule has 1 aromatic rings. The van der Waals surface area contributed by atoms with Crippen molar-refractivity contribution >= 4 is 5.69 Å². The third-order valence-corrected chi connectivity index (χ3v) is 2.02. The van der Waals surface area contributed by atoms with Crippen LogP contribution >= 0.6 is 0 Å². The highest BCUT2D eigenvalue weighted by molar-refractivity contribution is 5.52. The number of anilines is 1. The molecule has 1 rings (SSSR count). The minimum absolute atomic E-state index is 0.0288. The molecule has 0 amide bonds. The van der Waals surface area contributed by atoms with Crippen LogP contribution in [0, 0.1) is 0 Å². The van der Waals surface area contributed by atoms with E-state index in [1.165, 1.54) is 18.2 Å². The molecule has 4 N–H and O–H groups in total. The molecule has 0 aromatic heterocycles. The predicted octanol–water partition coefficient (Wildman–Crippen LogP) is 1.44. The molecule has 6 heteroatoms. The van der Waals surface area contributed by atoms with Crippen molar-refractivity contribution in [3.05, 3.63) is 29.8 Å². The van der Waals surface area contributed by atoms with Crippen molar-refractivity contribution in [1.29, 1.82) is 0 Å². The molecule has 0 spiro atoms. The monoisotopic (exact) mass is 234 g/mol. The summed E-state index contributed by atoms with van der Waals surface area (Å²) in [5.74, 6) is 0. The van der Waals surface area contributed by atoms with E-state index >= 15 is 0 Å². The fourth-order valence-corrected chi connectivity index (χ4v) is 1.19. The topological polar surface area (TPSA) is 58.3 Å². The highest BCUT2D eigenvalue weighted by Gasteiger charge is 2.33. The molecule has 0 bridgehead atoms. The molecule has 0 aliphatic rings. The first-order valence-corrected chi connectivity index (χ1v) is 4.71. The fourth-order valence-electron chi connectivity index (χ4n) is 1.19. The van der Waals surface area contributed by atoms with Crippen LogP contribution in [0.2, 0.25) is 0 Å². The third-order valence-electron chi connectivity index (χ3n) is 2.02. The normalized spacial score (nSPS) is 13.6. The number of para-hydroxylation sites is 1. The van der Waals surface area contributed by atoms with Crippen LogP contribution in [0.15, 0.2) is 24.3 Å². The Labute approximate surface area is 91.1 Å². The predicted molar refractivity (Wildman–Crippen MR) is 55.0 cm³/mol. The maximum Gasteiger partial charge on any atom is 0.418 e. The van der Waals surface area contributed by atoms with Crippen molar-refractivity contribution in [3.63, 3.8) is 0 Å². The lowest BCUT2D eigenvalue weighted by Crippen LogP contribution is -2.32. The molecule has 0 saturated carbocycles. The molecular formula is C10H13F3N2O. The Kier molecular flexibility index (Phi) is 4.14. The van der Waals surface area contributed by atoms with Gasteiger partial charge in [0.25, 0.3) is 0 Å². The number of halogens is 3. The lowest BCUT2D eigenvalue weighted by atomic mass is 10.1. The number of aliphatic hydroxyl groups is 1. The summed E-state index contributed by atoms with van der Waals surface area (Å²) < 4.78 is 37.6. The van der Waals surface area contributed by atoms with Gasteiger partial charge < -0.3 is 16.2 Å². The van der Waals surface area contributed by atoms with Gasteiger partial charge in [0, 0.05) is 18.3 Å². The first kappa shape index (κ1) is 12.8. The van der Waals surface area contributed by atoms with Gasteiger partial charge in [0.15, 0.2) is 0 Å². The average Bonchev–Trinajstić information content (AvgIpc) is 2.25. The quantitative estimate of drug-likeness (QED) is 0.738. The smallest absolute Gasteiger partial charge is 0.395 e. The molecule has 0 aliphatic carbocycles. The minimum Gasteiger partial charge on any atom is -0.395 e. The molecule has 0 heterocycles. The van der Waals surface area contributed by atoms with Crippen molar-refractivity contribution in [2.24, 2.45) is 5.73 Å². The van der Waals surface area contributed by atoms with Crippen LogP contribution in [0.5, 0.6) is 0 Å². The van der Waals surface area contributed by atoms with E-state index in [0.717, 1.165) is 6.07 Å². The Hall–Kier alpha value is -1.27. The van der Waals surface area contributed by atoms with Crippen LogP contribution in [0.1, 0.15) is 5.56 Å². The van der Waals surface area contributed by atoms with Crippen LogP contribution < -0.4 is 11.1 Å². The maximum atomic E-state index is 12.5. The van der Waals surface area contributed by atoms with E-state index in [0.29, 0.717) is 0 Å². The molecule has 1 atom stereocenters. The van der Waals surface area contributed by atoms with Gasteiger partial charge in [-0.1, -0.05) is 12.1 Å². The van der Waals surface area contributed by atoms with Gasteiger partial charge in [-0.25, -0.2) is 0 Å². The summed E-state index contributed by atoms with van der Waals surface area (Å²) >= 11 is 0. The fraction of sp³-hybridized carbons (Fsp3) is 0.400. The Bertz CT molecular complexity index is 341. The van der Waals surface area contributed by atoms with Crippen LogP contribution in [-0.2, 0) is 6.18 Å². The van der Waals surface area contributed by atoms with Crippen LogP contribution in [0.4, 0.5) is 18.9 Å². The van der Waals surface area contributed by atoms with E-state index in [-0.39, 0.29) is 18.8 Å². The van der Waals surface area contributed by atoms with Gasteiger partial charge in [0.05, 0.1) is 12.2 Å². The second kappa shape index (κ2) is 5.18. The Morgan fingerprint density at radius 2 is 1.94 bits per heavy atom. The first-order valence-electron chi connectivity index (χ1n) is 4.71. The molecule has 90 valence electrons. The highest BCUT2D eigenvalue weighted by atomic mass is 19.4. The van der Waals surface area contributed by atoms with Crippen molar-refractivity contribution in [2.75, 3.05) is 18.5 Å². The number of hydrogen-bond acceptors (Lipinski definition) is 3. The SMILES string of the molecule is NC(CO)CNc1ccccc1C(F)(F)F. The summed E-state index contributed by atoms with van der Waals surface area (Å²) in [6, 6.07) is 4.56. The average molecular weight is 234 g/mol. The number of nitrogens with one attached hydrogen (secondary N) is 1. The van der Waals surface area contributed by atoms with Gasteiger partial charge in [-0.05, 0) is 12.1 Å². The summed E-state index contributed by atoms with van der Waals surface area (Å²) in [7, 11) is 0. The van der Waals surface area contributed by atoms with Crippen LogP contribution in [0.25, 0.3) is 0 Å². The summed E-state index contributed by atoms with van der Waals surface area (Å²) in [5, 5.41) is 11.2. The number of hydrogen-bond donors (Lipinski definition) is 3. The molecular weight excluding hydrogens is 221 g/mol. The molecule has 3 nitrogen and oxygen atoms in total. The van der Waals surface area contributed by atoms with Crippen molar-refractivity contribution in [2.45, 2.75) is 12.2 Å². The van der Waals surface area contributed by atoms with E-state index in [4.69, 9.17) is 10.8 Å². The summed E-state index contributed by atoms with van der Waals surface area (Å²) in [4.78, 5) is 0. The zero-order valence-corrected chi connectivity index (χ0v) is 8.46. The van der Waals surface area contributed by atoms with E-state index in [1.54, 1.807) is 0 Å². The number of nitrogens with two attached hydrogens (primary N) is 1. The lowest BCUT2D eigenvalue weighted by molar-refractivity contribution is -0.136. The molecule has 0 saturated heterocycles. The van der Waals surface area contributed by atoms with Gasteiger partial charge in [-0.3, -0.25) is 0 Å². The summed E-state index contributed by atoms with van der Waals surface area (Å²) in [6.45, 7) is -0.190. The number of rotatable bonds is 4. The van der Waals surface area contributed by atoms with Gasteiger partial charge in [0.1, 0.15) is 0 Å². The summed E-state index contributed by atoms with van der Waals surface area (Å²) in [5.41, 5.74) is 4.62. The van der Waals surface area contributed by atoms with Crippen molar-refractivity contribution in [3.8, 4) is 0 Å². The van der Waals surface area contributed by atoms with E-state index in [1.807, 2.05) is 0 Å². The highest BCUT2D eigenvalue weighted by Crippen LogP contribution is 2.34. The third kappa shape index (κ3) is 3.39. The van der Waals surface area contributed by atoms with Gasteiger partial charge in [-0.15, -0.1) is 0 Å². The molecule has 0 fully saturated rings. The van der Waals surface area contributed by atoms with E-state index in [2.05, 4.69) is 5.32 Å². The number of benzene rings is 1. The Morgan fingerprint density at radius 3 is 2.50 bits per heavy atom. The molecule has 16 heavy (non-hydrogen) atoms. The standard InChI is InChI=1S/C10H13F3N2O/c11-10(12,13)8-3-1-2-4-9(8)15-5-7(14)6-16/h1-4,7,15-16H,5-6,14H2. The molecule has 1 unspecified atom stereocenters. The van der Waals surface area contributed by atoms with Gasteiger partial charge in [-0.2, -0.15) is 13.2 Å². The molecule has 0 radical (unpaired) electrons. The number of aliphatic hydroxyl groups excluding tert-OH is 1. The molecule has 0 aliphatic heterocycles. The lowest BCUT2D eigenvalue weighted by Gasteiger charge is -2.16. The van der Waals surface area contributed by atoms with Crippen LogP contribution in [-0.4, -0.2) is 24.3 Å². The van der Waals surface area contributed by atoms with Gasteiger partial charge >= 0.3 is 6.18 Å². The zero-order valence-electron chi connectivity index (χ0n) is 8.46. The van der Waals surface area contributed by atoms with E-state index in [9.17, 15) is 13.2 Å². The van der Waals surface area contributed by atoms with E-state index < -0.39 is 17.8 Å². The van der Waals surface area contributed by atoms with Crippen LogP contribution in [0.3, 0.4) is 0 Å². The zero-order chi connectivity index (χ0) is 12.2. The molecule has 1 aromatic carbocycles. The Balaban J connectivity index is 2.80. The number of alkyl halides is 3. The largest absolute Gasteiger partial charge is 0.418 e. The van der Waals surface area contributed by atoms with Gasteiger partial charge in [0.2, 0.25) is 0 Å². The second-order valence-electron chi connectivity index (χ2n) is 3.37. The first-order chi connectivity index (χ1) is 7.45. The van der Waals surface area contributed by atoms with Crippen molar-refractivity contribution < 1.29 is 18.3 Å². The second-order valence-corrected chi connectivity index (χ2v) is 3.37. The maximum absolute atomic E-state index is 12.5.